The molecule has 0 aromatic heterocycles. The smallest absolute Gasteiger partial charge is 0.241 e. The van der Waals surface area contributed by atoms with Crippen molar-refractivity contribution in [3.8, 4) is 0 Å². The Hall–Kier alpha value is -3.90. The molecule has 2 aliphatic rings. The Morgan fingerprint density at radius 2 is 1.66 bits per heavy atom. The van der Waals surface area contributed by atoms with Crippen LogP contribution in [0.25, 0.3) is 6.08 Å². The van der Waals surface area contributed by atoms with Crippen LogP contribution in [0.2, 0.25) is 5.02 Å². The number of hydrogen-bond acceptors (Lipinski definition) is 4. The maximum absolute atomic E-state index is 12.5. The normalized spacial score (nSPS) is 14.4. The number of halogens is 1. The van der Waals surface area contributed by atoms with Crippen LogP contribution in [0.5, 0.6) is 0 Å². The number of anilines is 4. The number of fused-ring (bicyclic) bond motifs is 2. The van der Waals surface area contributed by atoms with Crippen molar-refractivity contribution in [1.29, 1.82) is 0 Å². The summed E-state index contributed by atoms with van der Waals surface area (Å²) >= 11 is 6.07. The first-order chi connectivity index (χ1) is 15.5. The molecule has 2 heterocycles. The highest BCUT2D eigenvalue weighted by atomic mass is 35.5. The lowest BCUT2D eigenvalue weighted by atomic mass is 10.2. The van der Waals surface area contributed by atoms with Crippen LogP contribution in [0.4, 0.5) is 22.7 Å². The van der Waals surface area contributed by atoms with Gasteiger partial charge in [-0.25, -0.2) is 0 Å². The summed E-state index contributed by atoms with van der Waals surface area (Å²) in [5.41, 5.74) is 7.16. The van der Waals surface area contributed by atoms with E-state index in [1.54, 1.807) is 36.4 Å². The predicted molar refractivity (Wildman–Crippen MR) is 131 cm³/mol. The van der Waals surface area contributed by atoms with Crippen molar-refractivity contribution >= 4 is 58.5 Å². The zero-order valence-electron chi connectivity index (χ0n) is 17.4. The van der Waals surface area contributed by atoms with E-state index < -0.39 is 0 Å². The Morgan fingerprint density at radius 3 is 2.47 bits per heavy atom. The predicted octanol–water partition coefficient (Wildman–Crippen LogP) is 5.48. The van der Waals surface area contributed by atoms with Gasteiger partial charge >= 0.3 is 0 Å². The van der Waals surface area contributed by atoms with E-state index >= 15 is 0 Å². The van der Waals surface area contributed by atoms with Gasteiger partial charge in [-0.3, -0.25) is 19.9 Å². The Morgan fingerprint density at radius 1 is 0.906 bits per heavy atom. The lowest BCUT2D eigenvalue weighted by molar-refractivity contribution is -0.125. The quantitative estimate of drug-likeness (QED) is 0.505. The van der Waals surface area contributed by atoms with Crippen molar-refractivity contribution in [1.82, 2.24) is 0 Å². The summed E-state index contributed by atoms with van der Waals surface area (Å²) in [6.45, 7) is 0. The molecule has 3 aromatic carbocycles. The molecule has 0 saturated heterocycles. The standard InChI is InChI=1S/C16H13ClN2O2.C9H8N2/c1-18-13-8-7-11(17)9-14(13)19(16(21)10-15(18)20)12-5-3-2-4-6-12;1-2-6-9-8(4-1)5-3-7-10-11-9/h2-9H,10H2,1H3;1-7,11H. The largest absolute Gasteiger partial charge is 0.313 e. The zero-order valence-corrected chi connectivity index (χ0v) is 18.2. The number of carbonyl (C=O) groups is 2. The highest BCUT2D eigenvalue weighted by molar-refractivity contribution is 6.31. The van der Waals surface area contributed by atoms with E-state index in [2.05, 4.69) is 10.5 Å². The van der Waals surface area contributed by atoms with Gasteiger partial charge in [-0.1, -0.05) is 54.1 Å². The molecule has 0 bridgehead atoms. The van der Waals surface area contributed by atoms with E-state index in [4.69, 9.17) is 11.6 Å². The van der Waals surface area contributed by atoms with Gasteiger partial charge < -0.3 is 4.90 Å². The molecule has 0 fully saturated rings. The summed E-state index contributed by atoms with van der Waals surface area (Å²) in [5.74, 6) is -0.499. The molecule has 6 nitrogen and oxygen atoms in total. The van der Waals surface area contributed by atoms with Crippen LogP contribution in [0.15, 0.2) is 84.0 Å². The van der Waals surface area contributed by atoms with Crippen molar-refractivity contribution < 1.29 is 9.59 Å². The summed E-state index contributed by atoms with van der Waals surface area (Å²) in [6, 6.07) is 22.5. The van der Waals surface area contributed by atoms with Gasteiger partial charge in [-0.05, 0) is 48.0 Å². The molecular weight excluding hydrogens is 424 g/mol. The molecule has 0 atom stereocenters. The van der Waals surface area contributed by atoms with E-state index in [-0.39, 0.29) is 18.2 Å². The first kappa shape index (κ1) is 21.3. The van der Waals surface area contributed by atoms with Crippen LogP contribution >= 0.6 is 11.6 Å². The molecule has 3 aromatic rings. The molecule has 0 aliphatic carbocycles. The third kappa shape index (κ3) is 4.55. The number of benzene rings is 3. The van der Waals surface area contributed by atoms with Crippen LogP contribution in [0, 0.1) is 0 Å². The number of nitrogens with zero attached hydrogens (tertiary/aromatic N) is 3. The van der Waals surface area contributed by atoms with Crippen LogP contribution in [-0.2, 0) is 9.59 Å². The fourth-order valence-corrected chi connectivity index (χ4v) is 3.62. The molecule has 160 valence electrons. The minimum Gasteiger partial charge on any atom is -0.313 e. The number of nitrogens with one attached hydrogen (secondary N) is 1. The number of hydrazone groups is 1. The molecule has 1 N–H and O–H groups in total. The zero-order chi connectivity index (χ0) is 22.5. The Balaban J connectivity index is 0.000000186. The van der Waals surface area contributed by atoms with E-state index in [0.29, 0.717) is 22.1 Å². The molecule has 7 heteroatoms. The second-order valence-corrected chi connectivity index (χ2v) is 7.60. The van der Waals surface area contributed by atoms with Crippen molar-refractivity contribution in [2.24, 2.45) is 5.10 Å². The fourth-order valence-electron chi connectivity index (χ4n) is 3.46. The van der Waals surface area contributed by atoms with Gasteiger partial charge in [0.15, 0.2) is 0 Å². The molecule has 32 heavy (non-hydrogen) atoms. The Labute approximate surface area is 191 Å². The Kier molecular flexibility index (Phi) is 6.33. The molecular formula is C25H21ClN4O2. The van der Waals surface area contributed by atoms with Crippen LogP contribution in [0.3, 0.4) is 0 Å². The summed E-state index contributed by atoms with van der Waals surface area (Å²) in [5, 5.41) is 4.47. The molecule has 5 rings (SSSR count). The van der Waals surface area contributed by atoms with Gasteiger partial charge in [-0.2, -0.15) is 5.10 Å². The molecule has 2 amide bonds. The van der Waals surface area contributed by atoms with Gasteiger partial charge in [0.05, 0.1) is 17.1 Å². The Bertz CT molecular complexity index is 1210. The maximum atomic E-state index is 12.5. The fraction of sp³-hybridized carbons (Fsp3) is 0.0800. The monoisotopic (exact) mass is 444 g/mol. The van der Waals surface area contributed by atoms with Gasteiger partial charge in [0.25, 0.3) is 0 Å². The molecule has 0 saturated carbocycles. The lowest BCUT2D eigenvalue weighted by Crippen LogP contribution is -2.28. The van der Waals surface area contributed by atoms with Gasteiger partial charge in [0, 0.05) is 24.0 Å². The number of para-hydroxylation sites is 2. The number of allylic oxidation sites excluding steroid dienone is 1. The third-order valence-electron chi connectivity index (χ3n) is 5.06. The summed E-state index contributed by atoms with van der Waals surface area (Å²) in [4.78, 5) is 27.6. The highest BCUT2D eigenvalue weighted by Gasteiger charge is 2.30. The number of carbonyl (C=O) groups excluding carboxylic acids is 2. The van der Waals surface area contributed by atoms with Gasteiger partial charge in [0.2, 0.25) is 11.8 Å². The van der Waals surface area contributed by atoms with Crippen molar-refractivity contribution in [3.05, 3.63) is 89.5 Å². The average Bonchev–Trinajstić information content (AvgIpc) is 3.09. The van der Waals surface area contributed by atoms with E-state index in [1.165, 1.54) is 10.5 Å². The lowest BCUT2D eigenvalue weighted by Gasteiger charge is -2.24. The SMILES string of the molecule is C1=Cc2ccccc2NN=C1.CN1C(=O)CC(=O)N(c2ccccc2)c2cc(Cl)ccc21. The van der Waals surface area contributed by atoms with Crippen LogP contribution in [0.1, 0.15) is 12.0 Å². The minimum atomic E-state index is -0.265. The number of amides is 2. The van der Waals surface area contributed by atoms with E-state index in [0.717, 1.165) is 5.69 Å². The van der Waals surface area contributed by atoms with E-state index in [9.17, 15) is 9.59 Å². The van der Waals surface area contributed by atoms with Gasteiger partial charge in [-0.15, -0.1) is 0 Å². The topological polar surface area (TPSA) is 65.0 Å². The first-order valence-electron chi connectivity index (χ1n) is 10.0. The van der Waals surface area contributed by atoms with Crippen LogP contribution in [-0.4, -0.2) is 25.1 Å². The summed E-state index contributed by atoms with van der Waals surface area (Å²) < 4.78 is 0. The van der Waals surface area contributed by atoms with E-state index in [1.807, 2.05) is 66.7 Å². The first-order valence-corrected chi connectivity index (χ1v) is 10.4. The highest BCUT2D eigenvalue weighted by Crippen LogP contribution is 2.38. The third-order valence-corrected chi connectivity index (χ3v) is 5.30. The number of rotatable bonds is 1. The molecule has 2 aliphatic heterocycles. The van der Waals surface area contributed by atoms with Crippen molar-refractivity contribution in [2.75, 3.05) is 22.3 Å². The van der Waals surface area contributed by atoms with Crippen molar-refractivity contribution in [3.63, 3.8) is 0 Å². The summed E-state index contributed by atoms with van der Waals surface area (Å²) in [6.07, 6.45) is 5.51. The van der Waals surface area contributed by atoms with Gasteiger partial charge in [0.1, 0.15) is 6.42 Å². The minimum absolute atomic E-state index is 0.169. The molecule has 0 unspecified atom stereocenters. The maximum Gasteiger partial charge on any atom is 0.241 e. The molecule has 0 radical (unpaired) electrons. The van der Waals surface area contributed by atoms with Crippen molar-refractivity contribution in [2.45, 2.75) is 6.42 Å². The second kappa shape index (κ2) is 9.49. The average molecular weight is 445 g/mol. The summed E-state index contributed by atoms with van der Waals surface area (Å²) in [7, 11) is 1.66. The second-order valence-electron chi connectivity index (χ2n) is 7.16. The molecule has 0 spiro atoms. The number of hydrogen-bond donors (Lipinski definition) is 1. The van der Waals surface area contributed by atoms with Crippen LogP contribution < -0.4 is 15.2 Å².